The summed E-state index contributed by atoms with van der Waals surface area (Å²) in [6.07, 6.45) is 4.88. The van der Waals surface area contributed by atoms with Crippen molar-refractivity contribution in [2.45, 2.75) is 45.6 Å². The van der Waals surface area contributed by atoms with E-state index >= 15 is 0 Å². The summed E-state index contributed by atoms with van der Waals surface area (Å²) < 4.78 is 5.61. The zero-order chi connectivity index (χ0) is 12.9. The van der Waals surface area contributed by atoms with Crippen LogP contribution in [0.3, 0.4) is 0 Å². The predicted octanol–water partition coefficient (Wildman–Crippen LogP) is 1.84. The average Bonchev–Trinajstić information content (AvgIpc) is 2.69. The number of nitrogens with zero attached hydrogens (tertiary/aromatic N) is 1. The fourth-order valence-corrected chi connectivity index (χ4v) is 2.15. The van der Waals surface area contributed by atoms with Crippen molar-refractivity contribution in [2.24, 2.45) is 11.1 Å². The molecule has 0 bridgehead atoms. The van der Waals surface area contributed by atoms with E-state index in [4.69, 9.17) is 15.9 Å². The molecular formula is C13H27N3O. The van der Waals surface area contributed by atoms with Crippen LogP contribution in [0.1, 0.15) is 39.5 Å². The van der Waals surface area contributed by atoms with Gasteiger partial charge in [0.15, 0.2) is 0 Å². The molecule has 1 rings (SSSR count). The van der Waals surface area contributed by atoms with Crippen molar-refractivity contribution < 1.29 is 4.74 Å². The van der Waals surface area contributed by atoms with Gasteiger partial charge in [-0.25, -0.2) is 0 Å². The molecule has 1 atom stereocenters. The van der Waals surface area contributed by atoms with Crippen molar-refractivity contribution in [3.05, 3.63) is 0 Å². The van der Waals surface area contributed by atoms with Gasteiger partial charge in [-0.3, -0.25) is 5.41 Å². The lowest BCUT2D eigenvalue weighted by Crippen LogP contribution is -2.33. The van der Waals surface area contributed by atoms with Crippen LogP contribution in [0.4, 0.5) is 0 Å². The molecule has 4 nitrogen and oxygen atoms in total. The molecule has 100 valence electrons. The maximum atomic E-state index is 7.51. The summed E-state index contributed by atoms with van der Waals surface area (Å²) in [5.74, 6) is 0.291. The van der Waals surface area contributed by atoms with E-state index < -0.39 is 0 Å². The SMILES string of the molecule is CN(CCCC(C)(C)C(=N)N)CC1CCCO1. The first-order chi connectivity index (χ1) is 7.92. The second-order valence-electron chi connectivity index (χ2n) is 5.80. The van der Waals surface area contributed by atoms with Crippen molar-refractivity contribution in [3.63, 3.8) is 0 Å². The molecule has 0 amide bonds. The number of rotatable bonds is 7. The molecule has 0 aromatic carbocycles. The fraction of sp³-hybridized carbons (Fsp3) is 0.923. The molecule has 0 radical (unpaired) electrons. The Bertz CT molecular complexity index is 247. The van der Waals surface area contributed by atoms with Gasteiger partial charge in [0.1, 0.15) is 0 Å². The normalized spacial score (nSPS) is 21.1. The second-order valence-corrected chi connectivity index (χ2v) is 5.80. The number of hydrogen-bond donors (Lipinski definition) is 2. The summed E-state index contributed by atoms with van der Waals surface area (Å²) in [6, 6.07) is 0. The van der Waals surface area contributed by atoms with Gasteiger partial charge in [-0.05, 0) is 39.3 Å². The Morgan fingerprint density at radius 1 is 1.53 bits per heavy atom. The van der Waals surface area contributed by atoms with Crippen LogP contribution in [-0.4, -0.2) is 43.6 Å². The summed E-state index contributed by atoms with van der Waals surface area (Å²) >= 11 is 0. The zero-order valence-electron chi connectivity index (χ0n) is 11.5. The number of hydrogen-bond acceptors (Lipinski definition) is 3. The van der Waals surface area contributed by atoms with E-state index in [1.54, 1.807) is 0 Å². The highest BCUT2D eigenvalue weighted by Gasteiger charge is 2.22. The zero-order valence-corrected chi connectivity index (χ0v) is 11.5. The maximum absolute atomic E-state index is 7.51. The van der Waals surface area contributed by atoms with Crippen molar-refractivity contribution in [1.29, 1.82) is 5.41 Å². The molecule has 1 fully saturated rings. The van der Waals surface area contributed by atoms with Crippen LogP contribution in [0.2, 0.25) is 0 Å². The van der Waals surface area contributed by atoms with Gasteiger partial charge in [0.25, 0.3) is 0 Å². The molecule has 3 N–H and O–H groups in total. The molecule has 0 saturated carbocycles. The highest BCUT2D eigenvalue weighted by Crippen LogP contribution is 2.22. The monoisotopic (exact) mass is 241 g/mol. The summed E-state index contributed by atoms with van der Waals surface area (Å²) in [7, 11) is 2.14. The molecule has 1 heterocycles. The second kappa shape index (κ2) is 6.36. The largest absolute Gasteiger partial charge is 0.387 e. The third-order valence-corrected chi connectivity index (χ3v) is 3.61. The minimum atomic E-state index is -0.162. The lowest BCUT2D eigenvalue weighted by atomic mass is 9.86. The predicted molar refractivity (Wildman–Crippen MR) is 71.4 cm³/mol. The Balaban J connectivity index is 2.15. The van der Waals surface area contributed by atoms with E-state index in [1.165, 1.54) is 12.8 Å². The van der Waals surface area contributed by atoms with Gasteiger partial charge in [-0.2, -0.15) is 0 Å². The number of likely N-dealkylation sites (N-methyl/N-ethyl adjacent to an activating group) is 1. The van der Waals surface area contributed by atoms with Crippen molar-refractivity contribution in [3.8, 4) is 0 Å². The third-order valence-electron chi connectivity index (χ3n) is 3.61. The highest BCUT2D eigenvalue weighted by molar-refractivity contribution is 5.82. The minimum Gasteiger partial charge on any atom is -0.387 e. The van der Waals surface area contributed by atoms with E-state index in [9.17, 15) is 0 Å². The highest BCUT2D eigenvalue weighted by atomic mass is 16.5. The van der Waals surface area contributed by atoms with E-state index in [1.807, 2.05) is 13.8 Å². The topological polar surface area (TPSA) is 62.3 Å². The van der Waals surface area contributed by atoms with E-state index in [-0.39, 0.29) is 5.41 Å². The van der Waals surface area contributed by atoms with E-state index in [0.29, 0.717) is 11.9 Å². The van der Waals surface area contributed by atoms with E-state index in [2.05, 4.69) is 11.9 Å². The maximum Gasteiger partial charge on any atom is 0.0963 e. The number of amidine groups is 1. The average molecular weight is 241 g/mol. The minimum absolute atomic E-state index is 0.162. The molecule has 0 spiro atoms. The molecular weight excluding hydrogens is 214 g/mol. The molecule has 1 aliphatic rings. The van der Waals surface area contributed by atoms with Gasteiger partial charge in [-0.1, -0.05) is 13.8 Å². The standard InChI is InChI=1S/C13H27N3O/c1-13(2,12(14)15)7-5-8-16(3)10-11-6-4-9-17-11/h11H,4-10H2,1-3H3,(H3,14,15). The Morgan fingerprint density at radius 2 is 2.24 bits per heavy atom. The van der Waals surface area contributed by atoms with Gasteiger partial charge < -0.3 is 15.4 Å². The van der Waals surface area contributed by atoms with Crippen LogP contribution in [-0.2, 0) is 4.74 Å². The molecule has 0 aliphatic carbocycles. The van der Waals surface area contributed by atoms with Gasteiger partial charge in [0.05, 0.1) is 11.9 Å². The molecule has 1 unspecified atom stereocenters. The summed E-state index contributed by atoms with van der Waals surface area (Å²) in [5, 5.41) is 7.51. The first-order valence-electron chi connectivity index (χ1n) is 6.56. The van der Waals surface area contributed by atoms with Gasteiger partial charge >= 0.3 is 0 Å². The quantitative estimate of drug-likeness (QED) is 0.528. The molecule has 17 heavy (non-hydrogen) atoms. The van der Waals surface area contributed by atoms with Crippen molar-refractivity contribution >= 4 is 5.84 Å². The summed E-state index contributed by atoms with van der Waals surface area (Å²) in [5.41, 5.74) is 5.41. The van der Waals surface area contributed by atoms with E-state index in [0.717, 1.165) is 32.5 Å². The van der Waals surface area contributed by atoms with Gasteiger partial charge in [-0.15, -0.1) is 0 Å². The first kappa shape index (κ1) is 14.5. The van der Waals surface area contributed by atoms with Crippen LogP contribution < -0.4 is 5.73 Å². The van der Waals surface area contributed by atoms with Crippen LogP contribution in [0, 0.1) is 10.8 Å². The van der Waals surface area contributed by atoms with Crippen LogP contribution in [0.25, 0.3) is 0 Å². The molecule has 1 saturated heterocycles. The first-order valence-corrected chi connectivity index (χ1v) is 6.56. The van der Waals surface area contributed by atoms with Gasteiger partial charge in [0.2, 0.25) is 0 Å². The molecule has 0 aromatic heterocycles. The lowest BCUT2D eigenvalue weighted by molar-refractivity contribution is 0.0803. The van der Waals surface area contributed by atoms with Crippen LogP contribution in [0.5, 0.6) is 0 Å². The summed E-state index contributed by atoms with van der Waals surface area (Å²) in [6.45, 7) is 7.08. The lowest BCUT2D eigenvalue weighted by Gasteiger charge is -2.25. The smallest absolute Gasteiger partial charge is 0.0963 e. The Hall–Kier alpha value is -0.610. The third kappa shape index (κ3) is 5.04. The fourth-order valence-electron chi connectivity index (χ4n) is 2.15. The molecule has 1 aliphatic heterocycles. The molecule has 4 heteroatoms. The van der Waals surface area contributed by atoms with Crippen LogP contribution >= 0.6 is 0 Å². The summed E-state index contributed by atoms with van der Waals surface area (Å²) in [4.78, 5) is 2.33. The Labute approximate surface area is 105 Å². The van der Waals surface area contributed by atoms with Crippen LogP contribution in [0.15, 0.2) is 0 Å². The number of nitrogens with two attached hydrogens (primary N) is 1. The number of ether oxygens (including phenoxy) is 1. The molecule has 0 aromatic rings. The Kier molecular flexibility index (Phi) is 5.40. The Morgan fingerprint density at radius 3 is 2.76 bits per heavy atom. The van der Waals surface area contributed by atoms with Crippen molar-refractivity contribution in [1.82, 2.24) is 4.90 Å². The van der Waals surface area contributed by atoms with Gasteiger partial charge in [0, 0.05) is 18.6 Å². The number of nitrogens with one attached hydrogen (secondary N) is 1. The van der Waals surface area contributed by atoms with Crippen molar-refractivity contribution in [2.75, 3.05) is 26.7 Å².